The van der Waals surface area contributed by atoms with Crippen LogP contribution in [-0.2, 0) is 4.74 Å². The van der Waals surface area contributed by atoms with Gasteiger partial charge in [-0.05, 0) is 13.8 Å². The summed E-state index contributed by atoms with van der Waals surface area (Å²) in [7, 11) is 0. The van der Waals surface area contributed by atoms with Gasteiger partial charge in [0.1, 0.15) is 17.3 Å². The van der Waals surface area contributed by atoms with Crippen molar-refractivity contribution in [1.82, 2.24) is 9.97 Å². The van der Waals surface area contributed by atoms with Crippen molar-refractivity contribution in [2.45, 2.75) is 26.1 Å². The molecule has 1 aromatic heterocycles. The van der Waals surface area contributed by atoms with Crippen molar-refractivity contribution in [2.24, 2.45) is 0 Å². The van der Waals surface area contributed by atoms with E-state index in [0.717, 1.165) is 18.9 Å². The first-order valence-corrected chi connectivity index (χ1v) is 5.41. The average molecular weight is 228 g/mol. The number of ether oxygens (including phenoxy) is 1. The molecule has 0 spiro atoms. The molecular weight excluding hydrogens is 214 g/mol. The Morgan fingerprint density at radius 1 is 1.33 bits per heavy atom. The van der Waals surface area contributed by atoms with Gasteiger partial charge in [-0.2, -0.15) is 0 Å². The molecule has 2 rings (SSSR count). The Balaban J connectivity index is 2.16. The lowest BCUT2D eigenvalue weighted by atomic mass is 10.2. The molecule has 82 valence electrons. The summed E-state index contributed by atoms with van der Waals surface area (Å²) in [6.07, 6.45) is 1.94. The number of halogens is 1. The molecule has 5 heteroatoms. The second-order valence-corrected chi connectivity index (χ2v) is 4.25. The molecule has 0 saturated carbocycles. The predicted molar refractivity (Wildman–Crippen MR) is 59.3 cm³/mol. The maximum Gasteiger partial charge on any atom is 0.134 e. The van der Waals surface area contributed by atoms with Crippen LogP contribution in [0, 0.1) is 0 Å². The Morgan fingerprint density at radius 2 is 2.00 bits per heavy atom. The summed E-state index contributed by atoms with van der Waals surface area (Å²) in [6, 6.07) is 1.78. The number of hydrogen-bond donors (Lipinski definition) is 0. The van der Waals surface area contributed by atoms with Gasteiger partial charge in [-0.15, -0.1) is 0 Å². The summed E-state index contributed by atoms with van der Waals surface area (Å²) < 4.78 is 5.65. The van der Waals surface area contributed by atoms with Gasteiger partial charge in [0, 0.05) is 19.2 Å². The molecule has 1 saturated heterocycles. The zero-order chi connectivity index (χ0) is 10.8. The van der Waals surface area contributed by atoms with Gasteiger partial charge in [-0.3, -0.25) is 0 Å². The number of rotatable bonds is 1. The number of morpholine rings is 1. The van der Waals surface area contributed by atoms with Gasteiger partial charge in [0.05, 0.1) is 12.2 Å². The van der Waals surface area contributed by atoms with Gasteiger partial charge in [-0.25, -0.2) is 9.97 Å². The van der Waals surface area contributed by atoms with Gasteiger partial charge in [0.25, 0.3) is 0 Å². The summed E-state index contributed by atoms with van der Waals surface area (Å²) >= 11 is 5.83. The molecule has 0 aliphatic carbocycles. The van der Waals surface area contributed by atoms with Crippen LogP contribution in [0.5, 0.6) is 0 Å². The second kappa shape index (κ2) is 4.33. The fourth-order valence-corrected chi connectivity index (χ4v) is 2.00. The first-order chi connectivity index (χ1) is 7.15. The van der Waals surface area contributed by atoms with E-state index in [1.807, 2.05) is 0 Å². The Kier molecular flexibility index (Phi) is 3.07. The van der Waals surface area contributed by atoms with Crippen LogP contribution in [0.1, 0.15) is 13.8 Å². The largest absolute Gasteiger partial charge is 0.372 e. The Bertz CT molecular complexity index is 337. The third-order valence-corrected chi connectivity index (χ3v) is 2.57. The number of anilines is 1. The Hall–Kier alpha value is -0.870. The predicted octanol–water partition coefficient (Wildman–Crippen LogP) is 1.74. The molecule has 0 aromatic carbocycles. The molecule has 1 aliphatic heterocycles. The summed E-state index contributed by atoms with van der Waals surface area (Å²) in [6.45, 7) is 5.81. The van der Waals surface area contributed by atoms with E-state index in [0.29, 0.717) is 5.15 Å². The van der Waals surface area contributed by atoms with E-state index < -0.39 is 0 Å². The smallest absolute Gasteiger partial charge is 0.134 e. The topological polar surface area (TPSA) is 38.2 Å². The van der Waals surface area contributed by atoms with Crippen molar-refractivity contribution < 1.29 is 4.74 Å². The van der Waals surface area contributed by atoms with Gasteiger partial charge in [0.15, 0.2) is 0 Å². The van der Waals surface area contributed by atoms with E-state index in [-0.39, 0.29) is 12.2 Å². The lowest BCUT2D eigenvalue weighted by Gasteiger charge is -2.35. The molecule has 1 aliphatic rings. The van der Waals surface area contributed by atoms with Crippen LogP contribution < -0.4 is 4.90 Å². The van der Waals surface area contributed by atoms with E-state index >= 15 is 0 Å². The minimum absolute atomic E-state index is 0.225. The van der Waals surface area contributed by atoms with Crippen LogP contribution in [0.25, 0.3) is 0 Å². The molecule has 0 bridgehead atoms. The molecule has 1 fully saturated rings. The highest BCUT2D eigenvalue weighted by Crippen LogP contribution is 2.19. The van der Waals surface area contributed by atoms with E-state index in [1.54, 1.807) is 6.07 Å². The van der Waals surface area contributed by atoms with Crippen molar-refractivity contribution >= 4 is 17.4 Å². The molecule has 0 radical (unpaired) electrons. The molecule has 15 heavy (non-hydrogen) atoms. The second-order valence-electron chi connectivity index (χ2n) is 3.86. The van der Waals surface area contributed by atoms with Crippen LogP contribution >= 0.6 is 11.6 Å². The van der Waals surface area contributed by atoms with Gasteiger partial charge in [-0.1, -0.05) is 11.6 Å². The van der Waals surface area contributed by atoms with Crippen LogP contribution in [0.4, 0.5) is 5.82 Å². The zero-order valence-corrected chi connectivity index (χ0v) is 9.61. The normalized spacial score (nSPS) is 26.7. The molecule has 2 heterocycles. The van der Waals surface area contributed by atoms with Gasteiger partial charge < -0.3 is 9.64 Å². The van der Waals surface area contributed by atoms with E-state index in [4.69, 9.17) is 16.3 Å². The average Bonchev–Trinajstić information content (AvgIpc) is 2.16. The summed E-state index contributed by atoms with van der Waals surface area (Å²) in [5, 5.41) is 0.479. The quantitative estimate of drug-likeness (QED) is 0.685. The first-order valence-electron chi connectivity index (χ1n) is 5.03. The molecule has 0 N–H and O–H groups in total. The zero-order valence-electron chi connectivity index (χ0n) is 8.85. The van der Waals surface area contributed by atoms with Crippen molar-refractivity contribution in [3.05, 3.63) is 17.5 Å². The van der Waals surface area contributed by atoms with Gasteiger partial charge >= 0.3 is 0 Å². The number of nitrogens with zero attached hydrogens (tertiary/aromatic N) is 3. The Labute approximate surface area is 94.2 Å². The molecule has 0 unspecified atom stereocenters. The summed E-state index contributed by atoms with van der Waals surface area (Å²) in [5.41, 5.74) is 0. The fraction of sp³-hybridized carbons (Fsp3) is 0.600. The van der Waals surface area contributed by atoms with E-state index in [9.17, 15) is 0 Å². The molecular formula is C10H14ClN3O. The fourth-order valence-electron chi connectivity index (χ4n) is 1.86. The third-order valence-electron chi connectivity index (χ3n) is 2.36. The van der Waals surface area contributed by atoms with Crippen molar-refractivity contribution in [3.63, 3.8) is 0 Å². The highest BCUT2D eigenvalue weighted by molar-refractivity contribution is 6.29. The van der Waals surface area contributed by atoms with Gasteiger partial charge in [0.2, 0.25) is 0 Å². The SMILES string of the molecule is C[C@@H]1CN(c2cc(Cl)ncn2)C[C@@H](C)O1. The Morgan fingerprint density at radius 3 is 2.60 bits per heavy atom. The lowest BCUT2D eigenvalue weighted by Crippen LogP contribution is -2.45. The van der Waals surface area contributed by atoms with Crippen molar-refractivity contribution in [1.29, 1.82) is 0 Å². The van der Waals surface area contributed by atoms with Crippen LogP contribution in [0.15, 0.2) is 12.4 Å². The molecule has 1 aromatic rings. The highest BCUT2D eigenvalue weighted by Gasteiger charge is 2.23. The summed E-state index contributed by atoms with van der Waals surface area (Å²) in [5.74, 6) is 0.872. The molecule has 0 amide bonds. The van der Waals surface area contributed by atoms with Crippen LogP contribution in [0.3, 0.4) is 0 Å². The summed E-state index contributed by atoms with van der Waals surface area (Å²) in [4.78, 5) is 10.2. The maximum atomic E-state index is 5.83. The van der Waals surface area contributed by atoms with E-state index in [2.05, 4.69) is 28.7 Å². The number of aromatic nitrogens is 2. The molecule has 4 nitrogen and oxygen atoms in total. The maximum absolute atomic E-state index is 5.83. The minimum Gasteiger partial charge on any atom is -0.372 e. The lowest BCUT2D eigenvalue weighted by molar-refractivity contribution is -0.00546. The minimum atomic E-state index is 0.225. The van der Waals surface area contributed by atoms with Crippen molar-refractivity contribution in [2.75, 3.05) is 18.0 Å². The van der Waals surface area contributed by atoms with Crippen molar-refractivity contribution in [3.8, 4) is 0 Å². The van der Waals surface area contributed by atoms with Crippen LogP contribution in [0.2, 0.25) is 5.15 Å². The van der Waals surface area contributed by atoms with E-state index in [1.165, 1.54) is 6.33 Å². The third kappa shape index (κ3) is 2.58. The highest BCUT2D eigenvalue weighted by atomic mass is 35.5. The number of hydrogen-bond acceptors (Lipinski definition) is 4. The monoisotopic (exact) mass is 227 g/mol. The van der Waals surface area contributed by atoms with Crippen LogP contribution in [-0.4, -0.2) is 35.3 Å². The first kappa shape index (κ1) is 10.6. The standard InChI is InChI=1S/C10H14ClN3O/c1-7-4-14(5-8(2)15-7)10-3-9(11)12-6-13-10/h3,6-8H,4-5H2,1-2H3/t7-,8-/m1/s1. The molecule has 2 atom stereocenters.